The van der Waals surface area contributed by atoms with E-state index in [4.69, 9.17) is 0 Å². The van der Waals surface area contributed by atoms with Crippen molar-refractivity contribution in [1.82, 2.24) is 4.90 Å². The van der Waals surface area contributed by atoms with Crippen molar-refractivity contribution in [3.8, 4) is 0 Å². The fraction of sp³-hybridized carbons (Fsp3) is 0.421. The van der Waals surface area contributed by atoms with E-state index in [1.54, 1.807) is 4.90 Å². The minimum atomic E-state index is -1.18. The third kappa shape index (κ3) is 6.06. The van der Waals surface area contributed by atoms with E-state index in [0.717, 1.165) is 6.08 Å². The number of amides is 2. The zero-order chi connectivity index (χ0) is 19.1. The van der Waals surface area contributed by atoms with Gasteiger partial charge in [-0.2, -0.15) is 0 Å². The van der Waals surface area contributed by atoms with Gasteiger partial charge >= 0.3 is 5.97 Å². The van der Waals surface area contributed by atoms with Gasteiger partial charge in [0.05, 0.1) is 11.1 Å². The number of anilines is 1. The van der Waals surface area contributed by atoms with E-state index in [2.05, 4.69) is 11.9 Å². The fourth-order valence-corrected chi connectivity index (χ4v) is 2.47. The molecule has 2 amide bonds. The number of aromatic carboxylic acids is 1. The van der Waals surface area contributed by atoms with Crippen molar-refractivity contribution in [3.05, 3.63) is 42.0 Å². The summed E-state index contributed by atoms with van der Waals surface area (Å²) in [4.78, 5) is 37.6. The Balaban J connectivity index is 3.29. The molecule has 0 radical (unpaired) electrons. The normalized spacial score (nSPS) is 10.6. The Hall–Kier alpha value is -2.63. The largest absolute Gasteiger partial charge is 0.478 e. The number of carbonyl (C=O) groups is 3. The Morgan fingerprint density at radius 3 is 2.12 bits per heavy atom. The molecule has 6 heteroatoms. The molecular weight excluding hydrogens is 320 g/mol. The quantitative estimate of drug-likeness (QED) is 0.707. The summed E-state index contributed by atoms with van der Waals surface area (Å²) in [5.74, 6) is -1.46. The van der Waals surface area contributed by atoms with Gasteiger partial charge in [0, 0.05) is 18.8 Å². The van der Waals surface area contributed by atoms with Crippen LogP contribution >= 0.6 is 0 Å². The van der Waals surface area contributed by atoms with Crippen LogP contribution in [0.1, 0.15) is 48.4 Å². The van der Waals surface area contributed by atoms with E-state index in [-0.39, 0.29) is 28.9 Å². The molecule has 0 heterocycles. The second kappa shape index (κ2) is 9.01. The van der Waals surface area contributed by atoms with Gasteiger partial charge in [-0.1, -0.05) is 34.3 Å². The fourth-order valence-electron chi connectivity index (χ4n) is 2.47. The Morgan fingerprint density at radius 1 is 1.12 bits per heavy atom. The van der Waals surface area contributed by atoms with Crippen LogP contribution in [-0.4, -0.2) is 40.9 Å². The van der Waals surface area contributed by atoms with Crippen LogP contribution in [-0.2, 0) is 4.79 Å². The van der Waals surface area contributed by atoms with Crippen molar-refractivity contribution in [2.75, 3.05) is 18.4 Å². The van der Waals surface area contributed by atoms with Crippen LogP contribution in [0.4, 0.5) is 5.69 Å². The van der Waals surface area contributed by atoms with Crippen molar-refractivity contribution in [3.63, 3.8) is 0 Å². The van der Waals surface area contributed by atoms with Gasteiger partial charge < -0.3 is 15.3 Å². The Bertz CT molecular complexity index is 655. The molecule has 2 N–H and O–H groups in total. The summed E-state index contributed by atoms with van der Waals surface area (Å²) < 4.78 is 0. The predicted octanol–water partition coefficient (Wildman–Crippen LogP) is 3.26. The molecule has 0 saturated heterocycles. The van der Waals surface area contributed by atoms with Gasteiger partial charge in [0.1, 0.15) is 0 Å². The molecule has 0 atom stereocenters. The third-order valence-electron chi connectivity index (χ3n) is 3.39. The van der Waals surface area contributed by atoms with Crippen LogP contribution in [0.5, 0.6) is 0 Å². The van der Waals surface area contributed by atoms with Gasteiger partial charge in [-0.3, -0.25) is 9.59 Å². The maximum Gasteiger partial charge on any atom is 0.336 e. The molecule has 0 bridgehead atoms. The van der Waals surface area contributed by atoms with Crippen molar-refractivity contribution in [1.29, 1.82) is 0 Å². The first-order chi connectivity index (χ1) is 11.6. The molecule has 0 aliphatic carbocycles. The van der Waals surface area contributed by atoms with E-state index in [1.165, 1.54) is 18.2 Å². The minimum absolute atomic E-state index is 0.0654. The summed E-state index contributed by atoms with van der Waals surface area (Å²) in [7, 11) is 0. The SMILES string of the molecule is C=CC(=O)Nc1ccc(C(=O)O)c(C(=O)N(CC(C)C)CC(C)C)c1. The van der Waals surface area contributed by atoms with Crippen LogP contribution in [0.25, 0.3) is 0 Å². The molecule has 0 aliphatic rings. The predicted molar refractivity (Wildman–Crippen MR) is 97.8 cm³/mol. The number of carbonyl (C=O) groups excluding carboxylic acids is 2. The standard InChI is InChI=1S/C19H26N2O4/c1-6-17(22)20-14-7-8-15(19(24)25)16(9-14)18(23)21(10-12(2)3)11-13(4)5/h6-9,12-13H,1,10-11H2,2-5H3,(H,20,22)(H,24,25). The number of benzene rings is 1. The van der Waals surface area contributed by atoms with Gasteiger partial charge in [0.25, 0.3) is 5.91 Å². The summed E-state index contributed by atoms with van der Waals surface area (Å²) >= 11 is 0. The highest BCUT2D eigenvalue weighted by molar-refractivity contribution is 6.07. The summed E-state index contributed by atoms with van der Waals surface area (Å²) in [6.45, 7) is 12.4. The summed E-state index contributed by atoms with van der Waals surface area (Å²) in [6, 6.07) is 4.19. The van der Waals surface area contributed by atoms with Crippen molar-refractivity contribution in [2.45, 2.75) is 27.7 Å². The molecule has 1 aromatic carbocycles. The lowest BCUT2D eigenvalue weighted by Gasteiger charge is -2.27. The molecule has 0 aliphatic heterocycles. The molecule has 1 aromatic rings. The molecule has 0 saturated carbocycles. The zero-order valence-corrected chi connectivity index (χ0v) is 15.2. The maximum absolute atomic E-state index is 13.0. The summed E-state index contributed by atoms with van der Waals surface area (Å²) in [5, 5.41) is 12.0. The number of rotatable bonds is 8. The van der Waals surface area contributed by atoms with Crippen molar-refractivity contribution >= 4 is 23.5 Å². The highest BCUT2D eigenvalue weighted by Gasteiger charge is 2.23. The van der Waals surface area contributed by atoms with Gasteiger partial charge in [-0.25, -0.2) is 4.79 Å². The van der Waals surface area contributed by atoms with Crippen LogP contribution in [0, 0.1) is 11.8 Å². The van der Waals surface area contributed by atoms with Gasteiger partial charge in [-0.15, -0.1) is 0 Å². The number of carboxylic acids is 1. The Morgan fingerprint density at radius 2 is 1.68 bits per heavy atom. The van der Waals surface area contributed by atoms with Gasteiger partial charge in [-0.05, 0) is 36.1 Å². The van der Waals surface area contributed by atoms with Gasteiger partial charge in [0.2, 0.25) is 5.91 Å². The molecule has 0 aromatic heterocycles. The minimum Gasteiger partial charge on any atom is -0.478 e. The van der Waals surface area contributed by atoms with Crippen LogP contribution in [0.3, 0.4) is 0 Å². The Labute approximate surface area is 148 Å². The molecule has 136 valence electrons. The molecule has 0 spiro atoms. The number of carboxylic acid groups (broad SMARTS) is 1. The Kier molecular flexibility index (Phi) is 7.36. The molecule has 25 heavy (non-hydrogen) atoms. The first kappa shape index (κ1) is 20.4. The molecule has 0 fully saturated rings. The first-order valence-corrected chi connectivity index (χ1v) is 8.25. The molecule has 1 rings (SSSR count). The number of hydrogen-bond acceptors (Lipinski definition) is 3. The molecular formula is C19H26N2O4. The monoisotopic (exact) mass is 346 g/mol. The molecule has 6 nitrogen and oxygen atoms in total. The smallest absolute Gasteiger partial charge is 0.336 e. The number of hydrogen-bond donors (Lipinski definition) is 2. The third-order valence-corrected chi connectivity index (χ3v) is 3.39. The lowest BCUT2D eigenvalue weighted by atomic mass is 10.0. The van der Waals surface area contributed by atoms with E-state index in [1.807, 2.05) is 27.7 Å². The van der Waals surface area contributed by atoms with Crippen LogP contribution in [0.15, 0.2) is 30.9 Å². The molecule has 0 unspecified atom stereocenters. The lowest BCUT2D eigenvalue weighted by molar-refractivity contribution is -0.111. The first-order valence-electron chi connectivity index (χ1n) is 8.25. The summed E-state index contributed by atoms with van der Waals surface area (Å²) in [5.41, 5.74) is 0.335. The topological polar surface area (TPSA) is 86.7 Å². The zero-order valence-electron chi connectivity index (χ0n) is 15.2. The van der Waals surface area contributed by atoms with E-state index in [0.29, 0.717) is 18.8 Å². The van der Waals surface area contributed by atoms with Crippen LogP contribution in [0.2, 0.25) is 0 Å². The second-order valence-corrected chi connectivity index (χ2v) is 6.76. The summed E-state index contributed by atoms with van der Waals surface area (Å²) in [6.07, 6.45) is 1.11. The highest BCUT2D eigenvalue weighted by atomic mass is 16.4. The van der Waals surface area contributed by atoms with Gasteiger partial charge in [0.15, 0.2) is 0 Å². The lowest BCUT2D eigenvalue weighted by Crippen LogP contribution is -2.37. The average Bonchev–Trinajstić information content (AvgIpc) is 2.52. The van der Waals surface area contributed by atoms with Crippen molar-refractivity contribution in [2.24, 2.45) is 11.8 Å². The second-order valence-electron chi connectivity index (χ2n) is 6.76. The average molecular weight is 346 g/mol. The van der Waals surface area contributed by atoms with E-state index < -0.39 is 11.9 Å². The van der Waals surface area contributed by atoms with E-state index in [9.17, 15) is 19.5 Å². The van der Waals surface area contributed by atoms with E-state index >= 15 is 0 Å². The van der Waals surface area contributed by atoms with Crippen LogP contribution < -0.4 is 5.32 Å². The number of nitrogens with one attached hydrogen (secondary N) is 1. The maximum atomic E-state index is 13.0. The highest BCUT2D eigenvalue weighted by Crippen LogP contribution is 2.20. The van der Waals surface area contributed by atoms with Crippen molar-refractivity contribution < 1.29 is 19.5 Å². The number of nitrogens with zero attached hydrogens (tertiary/aromatic N) is 1.